The maximum Gasteiger partial charge on any atom is 0.123 e. The molecule has 4 heteroatoms. The zero-order valence-electron chi connectivity index (χ0n) is 9.66. The summed E-state index contributed by atoms with van der Waals surface area (Å²) in [5, 5.41) is 12.7. The Morgan fingerprint density at radius 2 is 2.00 bits per heavy atom. The van der Waals surface area contributed by atoms with E-state index in [1.54, 1.807) is 0 Å². The van der Waals surface area contributed by atoms with Crippen molar-refractivity contribution in [2.24, 2.45) is 0 Å². The number of halogens is 2. The van der Waals surface area contributed by atoms with Crippen molar-refractivity contribution < 1.29 is 9.50 Å². The van der Waals surface area contributed by atoms with Crippen molar-refractivity contribution in [3.63, 3.8) is 0 Å². The first kappa shape index (κ1) is 12.9. The van der Waals surface area contributed by atoms with Gasteiger partial charge in [-0.3, -0.25) is 0 Å². The molecule has 2 rings (SSSR count). The number of benzene rings is 2. The molecule has 0 bridgehead atoms. The van der Waals surface area contributed by atoms with Gasteiger partial charge in [-0.1, -0.05) is 23.7 Å². The molecule has 0 unspecified atom stereocenters. The van der Waals surface area contributed by atoms with Crippen LogP contribution in [0.15, 0.2) is 42.5 Å². The quantitative estimate of drug-likeness (QED) is 0.886. The smallest absolute Gasteiger partial charge is 0.123 e. The average molecular weight is 266 g/mol. The van der Waals surface area contributed by atoms with Crippen LogP contribution in [0, 0.1) is 5.82 Å². The molecule has 0 saturated heterocycles. The van der Waals surface area contributed by atoms with E-state index in [4.69, 9.17) is 16.7 Å². The van der Waals surface area contributed by atoms with Gasteiger partial charge in [-0.2, -0.15) is 0 Å². The summed E-state index contributed by atoms with van der Waals surface area (Å²) in [7, 11) is 0. The Bertz CT molecular complexity index is 545. The molecule has 0 fully saturated rings. The minimum absolute atomic E-state index is 0.00373. The molecule has 2 nitrogen and oxygen atoms in total. The van der Waals surface area contributed by atoms with Gasteiger partial charge in [-0.25, -0.2) is 4.39 Å². The molecule has 0 atom stereocenters. The van der Waals surface area contributed by atoms with Crippen molar-refractivity contribution in [3.8, 4) is 0 Å². The molecule has 2 aromatic rings. The first-order chi connectivity index (χ1) is 8.69. The lowest BCUT2D eigenvalue weighted by molar-refractivity contribution is 0.282. The van der Waals surface area contributed by atoms with Gasteiger partial charge in [0.2, 0.25) is 0 Å². The van der Waals surface area contributed by atoms with Gasteiger partial charge < -0.3 is 10.4 Å². The van der Waals surface area contributed by atoms with E-state index in [9.17, 15) is 4.39 Å². The molecule has 2 aromatic carbocycles. The van der Waals surface area contributed by atoms with Crippen LogP contribution in [-0.4, -0.2) is 5.11 Å². The predicted molar refractivity (Wildman–Crippen MR) is 71.1 cm³/mol. The van der Waals surface area contributed by atoms with Gasteiger partial charge in [0, 0.05) is 17.3 Å². The number of hydrogen-bond donors (Lipinski definition) is 2. The average Bonchev–Trinajstić information content (AvgIpc) is 2.40. The fraction of sp³-hybridized carbons (Fsp3) is 0.143. The summed E-state index contributed by atoms with van der Waals surface area (Å²) in [6, 6.07) is 11.7. The third-order valence-electron chi connectivity index (χ3n) is 2.60. The lowest BCUT2D eigenvalue weighted by atomic mass is 10.2. The van der Waals surface area contributed by atoms with Crippen LogP contribution in [0.2, 0.25) is 5.02 Å². The summed E-state index contributed by atoms with van der Waals surface area (Å²) in [5.74, 6) is -0.305. The second-order valence-corrected chi connectivity index (χ2v) is 4.35. The zero-order chi connectivity index (χ0) is 13.0. The number of nitrogens with one attached hydrogen (secondary N) is 1. The fourth-order valence-electron chi connectivity index (χ4n) is 1.66. The van der Waals surface area contributed by atoms with Gasteiger partial charge in [0.15, 0.2) is 0 Å². The molecular weight excluding hydrogens is 253 g/mol. The van der Waals surface area contributed by atoms with Crippen molar-refractivity contribution in [2.45, 2.75) is 13.2 Å². The Morgan fingerprint density at radius 3 is 2.78 bits per heavy atom. The van der Waals surface area contributed by atoms with E-state index in [-0.39, 0.29) is 12.4 Å². The van der Waals surface area contributed by atoms with E-state index in [1.807, 2.05) is 24.3 Å². The first-order valence-corrected chi connectivity index (χ1v) is 5.94. The van der Waals surface area contributed by atoms with Gasteiger partial charge in [0.25, 0.3) is 0 Å². The van der Waals surface area contributed by atoms with Crippen LogP contribution in [-0.2, 0) is 13.2 Å². The van der Waals surface area contributed by atoms with Gasteiger partial charge >= 0.3 is 0 Å². The van der Waals surface area contributed by atoms with E-state index in [0.29, 0.717) is 17.1 Å². The lowest BCUT2D eigenvalue weighted by Crippen LogP contribution is -2.01. The fourth-order valence-corrected chi connectivity index (χ4v) is 1.84. The third kappa shape index (κ3) is 3.22. The van der Waals surface area contributed by atoms with Gasteiger partial charge in [0.05, 0.1) is 6.61 Å². The van der Waals surface area contributed by atoms with Crippen molar-refractivity contribution >= 4 is 17.3 Å². The minimum atomic E-state index is -0.305. The second kappa shape index (κ2) is 5.85. The van der Waals surface area contributed by atoms with Crippen molar-refractivity contribution in [3.05, 3.63) is 64.4 Å². The molecule has 0 aromatic heterocycles. The molecule has 2 N–H and O–H groups in total. The predicted octanol–water partition coefficient (Wildman–Crippen LogP) is 3.58. The van der Waals surface area contributed by atoms with Gasteiger partial charge in [-0.05, 0) is 41.5 Å². The van der Waals surface area contributed by atoms with Crippen molar-refractivity contribution in [1.29, 1.82) is 0 Å². The first-order valence-electron chi connectivity index (χ1n) is 5.56. The van der Waals surface area contributed by atoms with E-state index in [0.717, 1.165) is 11.3 Å². The molecule has 94 valence electrons. The zero-order valence-corrected chi connectivity index (χ0v) is 10.4. The minimum Gasteiger partial charge on any atom is -0.392 e. The summed E-state index contributed by atoms with van der Waals surface area (Å²) >= 11 is 5.97. The monoisotopic (exact) mass is 265 g/mol. The molecule has 0 radical (unpaired) electrons. The largest absolute Gasteiger partial charge is 0.392 e. The summed E-state index contributed by atoms with van der Waals surface area (Å²) in [4.78, 5) is 0. The Hall–Kier alpha value is -1.58. The normalized spacial score (nSPS) is 10.4. The second-order valence-electron chi connectivity index (χ2n) is 3.95. The number of anilines is 1. The maximum absolute atomic E-state index is 13.1. The van der Waals surface area contributed by atoms with Crippen LogP contribution >= 0.6 is 11.6 Å². The maximum atomic E-state index is 13.1. The lowest BCUT2D eigenvalue weighted by Gasteiger charge is -2.09. The molecule has 0 saturated carbocycles. The van der Waals surface area contributed by atoms with Crippen molar-refractivity contribution in [1.82, 2.24) is 0 Å². The summed E-state index contributed by atoms with van der Waals surface area (Å²) in [6.45, 7) is 0.432. The van der Waals surface area contributed by atoms with E-state index in [1.165, 1.54) is 18.2 Å². The van der Waals surface area contributed by atoms with Crippen LogP contribution in [0.25, 0.3) is 0 Å². The van der Waals surface area contributed by atoms with Crippen LogP contribution < -0.4 is 5.32 Å². The summed E-state index contributed by atoms with van der Waals surface area (Å²) < 4.78 is 13.1. The Labute approximate surface area is 110 Å². The molecule has 0 aliphatic heterocycles. The highest BCUT2D eigenvalue weighted by atomic mass is 35.5. The molecule has 0 heterocycles. The highest BCUT2D eigenvalue weighted by molar-refractivity contribution is 6.31. The standard InChI is InChI=1S/C14H13ClFNO/c15-14-5-4-12(16)7-11(14)8-17-13-3-1-2-10(6-13)9-18/h1-7,17-18H,8-9H2. The number of rotatable bonds is 4. The van der Waals surface area contributed by atoms with Crippen LogP contribution in [0.5, 0.6) is 0 Å². The molecule has 0 aliphatic rings. The van der Waals surface area contributed by atoms with Crippen LogP contribution in [0.4, 0.5) is 10.1 Å². The Kier molecular flexibility index (Phi) is 4.18. The SMILES string of the molecule is OCc1cccc(NCc2cc(F)ccc2Cl)c1. The number of aliphatic hydroxyl groups is 1. The van der Waals surface area contributed by atoms with E-state index < -0.39 is 0 Å². The highest BCUT2D eigenvalue weighted by Gasteiger charge is 2.02. The Morgan fingerprint density at radius 1 is 1.17 bits per heavy atom. The number of aliphatic hydroxyl groups excluding tert-OH is 1. The van der Waals surface area contributed by atoms with Gasteiger partial charge in [0.1, 0.15) is 5.82 Å². The van der Waals surface area contributed by atoms with Crippen LogP contribution in [0.1, 0.15) is 11.1 Å². The number of hydrogen-bond acceptors (Lipinski definition) is 2. The molecule has 18 heavy (non-hydrogen) atoms. The highest BCUT2D eigenvalue weighted by Crippen LogP contribution is 2.19. The van der Waals surface area contributed by atoms with Gasteiger partial charge in [-0.15, -0.1) is 0 Å². The Balaban J connectivity index is 2.08. The molecular formula is C14H13ClFNO. The molecule has 0 spiro atoms. The van der Waals surface area contributed by atoms with Crippen molar-refractivity contribution in [2.75, 3.05) is 5.32 Å². The molecule has 0 aliphatic carbocycles. The van der Waals surface area contributed by atoms with E-state index >= 15 is 0 Å². The van der Waals surface area contributed by atoms with E-state index in [2.05, 4.69) is 5.32 Å². The topological polar surface area (TPSA) is 32.3 Å². The third-order valence-corrected chi connectivity index (χ3v) is 2.97. The molecule has 0 amide bonds. The summed E-state index contributed by atoms with van der Waals surface area (Å²) in [6.07, 6.45) is 0. The van der Waals surface area contributed by atoms with Crippen LogP contribution in [0.3, 0.4) is 0 Å². The summed E-state index contributed by atoms with van der Waals surface area (Å²) in [5.41, 5.74) is 2.39.